The first-order valence-electron chi connectivity index (χ1n) is 7.31. The monoisotopic (exact) mass is 326 g/mol. The summed E-state index contributed by atoms with van der Waals surface area (Å²) in [5, 5.41) is 12.5. The summed E-state index contributed by atoms with van der Waals surface area (Å²) < 4.78 is 0. The molecular formula is C15H14N6OS. The van der Waals surface area contributed by atoms with Gasteiger partial charge in [0.15, 0.2) is 10.9 Å². The topological polar surface area (TPSA) is 96.5 Å². The number of nitrogens with one attached hydrogen (secondary N) is 2. The molecular weight excluding hydrogens is 312 g/mol. The number of carbonyl (C=O) groups is 1. The highest BCUT2D eigenvalue weighted by molar-refractivity contribution is 7.14. The zero-order valence-corrected chi connectivity index (χ0v) is 13.2. The van der Waals surface area contributed by atoms with Crippen LogP contribution in [0.1, 0.15) is 29.0 Å². The molecule has 3 heterocycles. The molecule has 0 aromatic carbocycles. The predicted octanol–water partition coefficient (Wildman–Crippen LogP) is 2.97. The first-order chi connectivity index (χ1) is 11.2. The van der Waals surface area contributed by atoms with Gasteiger partial charge in [-0.2, -0.15) is 5.10 Å². The predicted molar refractivity (Wildman–Crippen MR) is 86.8 cm³/mol. The highest BCUT2D eigenvalue weighted by atomic mass is 32.1. The number of rotatable bonds is 5. The molecule has 0 amide bonds. The van der Waals surface area contributed by atoms with Gasteiger partial charge in [0.05, 0.1) is 11.9 Å². The lowest BCUT2D eigenvalue weighted by Crippen LogP contribution is -2.03. The lowest BCUT2D eigenvalue weighted by atomic mass is 10.1. The largest absolute Gasteiger partial charge is 0.300 e. The fourth-order valence-corrected chi connectivity index (χ4v) is 2.98. The second kappa shape index (κ2) is 5.54. The van der Waals surface area contributed by atoms with Crippen LogP contribution in [0.15, 0.2) is 23.8 Å². The number of ketones is 1. The van der Waals surface area contributed by atoms with Gasteiger partial charge in [-0.3, -0.25) is 9.89 Å². The van der Waals surface area contributed by atoms with E-state index in [1.165, 1.54) is 11.3 Å². The van der Waals surface area contributed by atoms with E-state index >= 15 is 0 Å². The Balaban J connectivity index is 1.59. The van der Waals surface area contributed by atoms with E-state index in [1.54, 1.807) is 12.4 Å². The molecule has 7 nitrogen and oxygen atoms in total. The smallest absolute Gasteiger partial charge is 0.229 e. The van der Waals surface area contributed by atoms with Crippen LogP contribution in [0.4, 0.5) is 11.1 Å². The summed E-state index contributed by atoms with van der Waals surface area (Å²) in [5.41, 5.74) is 2.90. The third-order valence-corrected chi connectivity index (χ3v) is 4.39. The average Bonchev–Trinajstić information content (AvgIpc) is 3.09. The van der Waals surface area contributed by atoms with Crippen molar-refractivity contribution in [2.75, 3.05) is 5.32 Å². The Morgan fingerprint density at radius 2 is 2.26 bits per heavy atom. The van der Waals surface area contributed by atoms with Crippen molar-refractivity contribution in [2.45, 2.75) is 19.8 Å². The van der Waals surface area contributed by atoms with Crippen molar-refractivity contribution in [3.63, 3.8) is 0 Å². The van der Waals surface area contributed by atoms with E-state index in [9.17, 15) is 4.79 Å². The maximum Gasteiger partial charge on any atom is 0.229 e. The third-order valence-electron chi connectivity index (χ3n) is 3.63. The number of anilines is 2. The number of aromatic amines is 1. The number of carbonyl (C=O) groups excluding carboxylic acids is 1. The SMILES string of the molecule is Cc1ccnc(Nc2nc(-c3cn[nH]c3C(=O)C3CC3)cs2)n1. The van der Waals surface area contributed by atoms with Crippen molar-refractivity contribution in [2.24, 2.45) is 5.92 Å². The second-order valence-corrected chi connectivity index (χ2v) is 6.34. The molecule has 23 heavy (non-hydrogen) atoms. The molecule has 2 N–H and O–H groups in total. The Hall–Kier alpha value is -2.61. The standard InChI is InChI=1S/C15H14N6OS/c1-8-4-5-16-14(18-8)20-15-19-11(7-23-15)10-6-17-21-12(10)13(22)9-2-3-9/h4-7,9H,2-3H2,1H3,(H,17,21)(H,16,18,19,20). The molecule has 0 aliphatic heterocycles. The van der Waals surface area contributed by atoms with Crippen LogP contribution in [-0.2, 0) is 0 Å². The molecule has 3 aromatic heterocycles. The number of Topliss-reactive ketones (excluding diaryl/α,β-unsaturated/α-hetero) is 1. The fourth-order valence-electron chi connectivity index (χ4n) is 2.28. The van der Waals surface area contributed by atoms with Crippen molar-refractivity contribution in [3.05, 3.63) is 35.2 Å². The van der Waals surface area contributed by atoms with Crippen LogP contribution in [0.25, 0.3) is 11.3 Å². The van der Waals surface area contributed by atoms with Crippen LogP contribution < -0.4 is 5.32 Å². The Kier molecular flexibility index (Phi) is 3.38. The van der Waals surface area contributed by atoms with Gasteiger partial charge >= 0.3 is 0 Å². The summed E-state index contributed by atoms with van der Waals surface area (Å²) in [5.74, 6) is 0.778. The lowest BCUT2D eigenvalue weighted by molar-refractivity contribution is 0.0963. The van der Waals surface area contributed by atoms with E-state index in [1.807, 2.05) is 18.4 Å². The maximum absolute atomic E-state index is 12.3. The quantitative estimate of drug-likeness (QED) is 0.700. The molecule has 116 valence electrons. The molecule has 1 saturated carbocycles. The number of aromatic nitrogens is 5. The summed E-state index contributed by atoms with van der Waals surface area (Å²) in [7, 11) is 0. The summed E-state index contributed by atoms with van der Waals surface area (Å²) >= 11 is 1.44. The van der Waals surface area contributed by atoms with Crippen molar-refractivity contribution < 1.29 is 4.79 Å². The summed E-state index contributed by atoms with van der Waals surface area (Å²) in [4.78, 5) is 25.2. The Bertz CT molecular complexity index is 866. The van der Waals surface area contributed by atoms with E-state index in [2.05, 4.69) is 30.5 Å². The number of nitrogens with zero attached hydrogens (tertiary/aromatic N) is 4. The second-order valence-electron chi connectivity index (χ2n) is 5.48. The molecule has 0 saturated heterocycles. The molecule has 1 aliphatic carbocycles. The Morgan fingerprint density at radius 3 is 3.04 bits per heavy atom. The summed E-state index contributed by atoms with van der Waals surface area (Å²) in [6.45, 7) is 1.90. The van der Waals surface area contributed by atoms with Crippen LogP contribution in [0.3, 0.4) is 0 Å². The number of hydrogen-bond acceptors (Lipinski definition) is 7. The van der Waals surface area contributed by atoms with Gasteiger partial charge in [0, 0.05) is 28.8 Å². The molecule has 8 heteroatoms. The highest BCUT2D eigenvalue weighted by Crippen LogP contribution is 2.35. The maximum atomic E-state index is 12.3. The van der Waals surface area contributed by atoms with Gasteiger partial charge in [0.25, 0.3) is 0 Å². The molecule has 0 radical (unpaired) electrons. The van der Waals surface area contributed by atoms with E-state index in [0.29, 0.717) is 16.8 Å². The first kappa shape index (κ1) is 14.0. The van der Waals surface area contributed by atoms with E-state index in [0.717, 1.165) is 29.8 Å². The average molecular weight is 326 g/mol. The lowest BCUT2D eigenvalue weighted by Gasteiger charge is -2.01. The fraction of sp³-hybridized carbons (Fsp3) is 0.267. The van der Waals surface area contributed by atoms with Gasteiger partial charge in [-0.25, -0.2) is 15.0 Å². The normalized spacial score (nSPS) is 14.0. The van der Waals surface area contributed by atoms with Crippen molar-refractivity contribution in [1.29, 1.82) is 0 Å². The Labute approximate surface area is 136 Å². The zero-order valence-electron chi connectivity index (χ0n) is 12.4. The van der Waals surface area contributed by atoms with Crippen LogP contribution in [0.2, 0.25) is 0 Å². The van der Waals surface area contributed by atoms with Crippen molar-refractivity contribution >= 4 is 28.2 Å². The van der Waals surface area contributed by atoms with Crippen LogP contribution >= 0.6 is 11.3 Å². The van der Waals surface area contributed by atoms with Crippen LogP contribution in [-0.4, -0.2) is 30.9 Å². The van der Waals surface area contributed by atoms with E-state index < -0.39 is 0 Å². The molecule has 3 aromatic rings. The summed E-state index contributed by atoms with van der Waals surface area (Å²) in [6, 6.07) is 1.83. The number of aryl methyl sites for hydroxylation is 1. The van der Waals surface area contributed by atoms with Gasteiger partial charge in [0.1, 0.15) is 5.69 Å². The molecule has 0 unspecified atom stereocenters. The molecule has 0 atom stereocenters. The van der Waals surface area contributed by atoms with Gasteiger partial charge in [-0.15, -0.1) is 11.3 Å². The van der Waals surface area contributed by atoms with E-state index in [-0.39, 0.29) is 11.7 Å². The van der Waals surface area contributed by atoms with Crippen molar-refractivity contribution in [1.82, 2.24) is 25.1 Å². The zero-order chi connectivity index (χ0) is 15.8. The van der Waals surface area contributed by atoms with Gasteiger partial charge in [-0.05, 0) is 25.8 Å². The molecule has 0 bridgehead atoms. The molecule has 1 fully saturated rings. The summed E-state index contributed by atoms with van der Waals surface area (Å²) in [6.07, 6.45) is 5.27. The van der Waals surface area contributed by atoms with Gasteiger partial charge in [-0.1, -0.05) is 0 Å². The van der Waals surface area contributed by atoms with Gasteiger partial charge < -0.3 is 5.32 Å². The Morgan fingerprint density at radius 1 is 1.39 bits per heavy atom. The highest BCUT2D eigenvalue weighted by Gasteiger charge is 2.33. The minimum Gasteiger partial charge on any atom is -0.300 e. The minimum atomic E-state index is 0.127. The number of thiazole rings is 1. The number of hydrogen-bond donors (Lipinski definition) is 2. The van der Waals surface area contributed by atoms with E-state index in [4.69, 9.17) is 0 Å². The molecule has 0 spiro atoms. The number of H-pyrrole nitrogens is 1. The molecule has 4 rings (SSSR count). The molecule has 1 aliphatic rings. The van der Waals surface area contributed by atoms with Crippen LogP contribution in [0.5, 0.6) is 0 Å². The third kappa shape index (κ3) is 2.85. The minimum absolute atomic E-state index is 0.127. The van der Waals surface area contributed by atoms with Crippen molar-refractivity contribution in [3.8, 4) is 11.3 Å². The first-order valence-corrected chi connectivity index (χ1v) is 8.19. The van der Waals surface area contributed by atoms with Crippen LogP contribution in [0, 0.1) is 12.8 Å². The van der Waals surface area contributed by atoms with Gasteiger partial charge in [0.2, 0.25) is 5.95 Å².